The minimum atomic E-state index is 0.514. The van der Waals surface area contributed by atoms with E-state index in [0.717, 1.165) is 48.6 Å². The Labute approximate surface area is 140 Å². The molecule has 1 saturated heterocycles. The molecule has 1 aliphatic carbocycles. The Balaban J connectivity index is 1.27. The normalized spacial score (nSPS) is 22.6. The first-order valence-corrected chi connectivity index (χ1v) is 9.33. The van der Waals surface area contributed by atoms with Crippen LogP contribution < -0.4 is 5.32 Å². The van der Waals surface area contributed by atoms with Crippen LogP contribution in [0.15, 0.2) is 9.90 Å². The summed E-state index contributed by atoms with van der Waals surface area (Å²) in [5.41, 5.74) is 1.15. The van der Waals surface area contributed by atoms with Gasteiger partial charge in [-0.15, -0.1) is 11.3 Å². The number of nitrogens with zero attached hydrogens (tertiary/aromatic N) is 4. The van der Waals surface area contributed by atoms with E-state index >= 15 is 0 Å². The maximum absolute atomic E-state index is 5.35. The highest BCUT2D eigenvalue weighted by molar-refractivity contribution is 7.09. The van der Waals surface area contributed by atoms with Gasteiger partial charge in [0.05, 0.1) is 17.2 Å². The molecule has 0 bridgehead atoms. The van der Waals surface area contributed by atoms with Gasteiger partial charge < -0.3 is 9.84 Å². The van der Waals surface area contributed by atoms with Crippen molar-refractivity contribution in [2.45, 2.75) is 57.7 Å². The Morgan fingerprint density at radius 3 is 3.04 bits per heavy atom. The van der Waals surface area contributed by atoms with E-state index in [1.807, 2.05) is 0 Å². The molecule has 2 aromatic heterocycles. The zero-order valence-corrected chi connectivity index (χ0v) is 14.3. The Kier molecular flexibility index (Phi) is 4.41. The molecule has 23 heavy (non-hydrogen) atoms. The van der Waals surface area contributed by atoms with Crippen molar-refractivity contribution >= 4 is 11.3 Å². The smallest absolute Gasteiger partial charge is 0.229 e. The highest BCUT2D eigenvalue weighted by Gasteiger charge is 2.30. The monoisotopic (exact) mass is 333 g/mol. The number of likely N-dealkylation sites (tertiary alicyclic amines) is 1. The molecule has 6 nitrogen and oxygen atoms in total. The van der Waals surface area contributed by atoms with Crippen molar-refractivity contribution in [1.29, 1.82) is 0 Å². The van der Waals surface area contributed by atoms with Crippen LogP contribution in [-0.4, -0.2) is 39.2 Å². The molecular weight excluding hydrogens is 310 g/mol. The first-order valence-electron chi connectivity index (χ1n) is 8.45. The van der Waals surface area contributed by atoms with Crippen molar-refractivity contribution in [1.82, 2.24) is 25.3 Å². The van der Waals surface area contributed by atoms with Crippen molar-refractivity contribution in [2.75, 3.05) is 13.1 Å². The number of aromatic nitrogens is 3. The maximum Gasteiger partial charge on any atom is 0.229 e. The molecule has 2 aliphatic rings. The second-order valence-electron chi connectivity index (χ2n) is 6.64. The number of hydrogen-bond acceptors (Lipinski definition) is 7. The van der Waals surface area contributed by atoms with Gasteiger partial charge in [-0.1, -0.05) is 5.16 Å². The van der Waals surface area contributed by atoms with Crippen LogP contribution in [0.3, 0.4) is 0 Å². The molecule has 1 saturated carbocycles. The molecule has 7 heteroatoms. The molecule has 2 aromatic rings. The number of nitrogens with one attached hydrogen (secondary N) is 1. The quantitative estimate of drug-likeness (QED) is 0.876. The lowest BCUT2D eigenvalue weighted by Gasteiger charge is -2.32. The Hall–Kier alpha value is -1.31. The summed E-state index contributed by atoms with van der Waals surface area (Å²) < 4.78 is 5.35. The molecular formula is C16H23N5OS. The van der Waals surface area contributed by atoms with Crippen LogP contribution in [0, 0.1) is 6.92 Å². The maximum atomic E-state index is 5.35. The van der Waals surface area contributed by atoms with E-state index in [1.165, 1.54) is 25.7 Å². The van der Waals surface area contributed by atoms with Gasteiger partial charge in [0.25, 0.3) is 0 Å². The fourth-order valence-corrected chi connectivity index (χ4v) is 3.74. The fraction of sp³-hybridized carbons (Fsp3) is 0.688. The van der Waals surface area contributed by atoms with Gasteiger partial charge in [-0.25, -0.2) is 4.98 Å². The molecule has 0 radical (unpaired) electrons. The van der Waals surface area contributed by atoms with Crippen LogP contribution in [0.25, 0.3) is 0 Å². The predicted octanol–water partition coefficient (Wildman–Crippen LogP) is 2.47. The molecule has 0 amide bonds. The van der Waals surface area contributed by atoms with Crippen molar-refractivity contribution in [3.05, 3.63) is 27.8 Å². The predicted molar refractivity (Wildman–Crippen MR) is 88.3 cm³/mol. The third-order valence-electron chi connectivity index (χ3n) is 4.52. The molecule has 1 N–H and O–H groups in total. The molecule has 1 unspecified atom stereocenters. The van der Waals surface area contributed by atoms with E-state index in [4.69, 9.17) is 4.52 Å². The second-order valence-corrected chi connectivity index (χ2v) is 7.70. The standard InChI is InChI=1S/C16H23N5OS/c1-11-18-14(10-23-11)7-17-13-3-2-6-21(8-13)9-15-19-16(22-20-15)12-4-5-12/h10,12-13,17H,2-9H2,1H3. The summed E-state index contributed by atoms with van der Waals surface area (Å²) in [6.07, 6.45) is 4.83. The van der Waals surface area contributed by atoms with Crippen LogP contribution in [-0.2, 0) is 13.1 Å². The summed E-state index contributed by atoms with van der Waals surface area (Å²) in [5.74, 6) is 2.21. The van der Waals surface area contributed by atoms with Crippen LogP contribution in [0.5, 0.6) is 0 Å². The van der Waals surface area contributed by atoms with Gasteiger partial charge in [0.15, 0.2) is 5.82 Å². The average Bonchev–Trinajstić information content (AvgIpc) is 3.16. The molecule has 0 aromatic carbocycles. The van der Waals surface area contributed by atoms with E-state index in [0.29, 0.717) is 12.0 Å². The van der Waals surface area contributed by atoms with Crippen LogP contribution >= 0.6 is 11.3 Å². The van der Waals surface area contributed by atoms with Gasteiger partial charge in [-0.2, -0.15) is 4.98 Å². The van der Waals surface area contributed by atoms with E-state index in [1.54, 1.807) is 11.3 Å². The highest BCUT2D eigenvalue weighted by Crippen LogP contribution is 2.38. The summed E-state index contributed by atoms with van der Waals surface area (Å²) in [6, 6.07) is 0.514. The van der Waals surface area contributed by atoms with Gasteiger partial charge in [-0.05, 0) is 39.2 Å². The summed E-state index contributed by atoms with van der Waals surface area (Å²) >= 11 is 1.71. The lowest BCUT2D eigenvalue weighted by Crippen LogP contribution is -2.45. The third kappa shape index (κ3) is 3.97. The molecule has 0 spiro atoms. The molecule has 1 atom stereocenters. The minimum Gasteiger partial charge on any atom is -0.339 e. The zero-order chi connectivity index (χ0) is 15.6. The van der Waals surface area contributed by atoms with E-state index in [9.17, 15) is 0 Å². The van der Waals surface area contributed by atoms with Gasteiger partial charge in [-0.3, -0.25) is 4.90 Å². The van der Waals surface area contributed by atoms with Crippen LogP contribution in [0.4, 0.5) is 0 Å². The number of rotatable bonds is 6. The summed E-state index contributed by atoms with van der Waals surface area (Å²) in [5, 5.41) is 11.1. The average molecular weight is 333 g/mol. The van der Waals surface area contributed by atoms with E-state index in [-0.39, 0.29) is 0 Å². The second kappa shape index (κ2) is 6.67. The first-order chi connectivity index (χ1) is 11.3. The van der Waals surface area contributed by atoms with Crippen molar-refractivity contribution in [3.63, 3.8) is 0 Å². The Bertz CT molecular complexity index is 650. The Morgan fingerprint density at radius 2 is 2.26 bits per heavy atom. The van der Waals surface area contributed by atoms with Crippen molar-refractivity contribution in [2.24, 2.45) is 0 Å². The molecule has 1 aliphatic heterocycles. The van der Waals surface area contributed by atoms with Crippen LogP contribution in [0.2, 0.25) is 0 Å². The SMILES string of the molecule is Cc1nc(CNC2CCCN(Cc3noc(C4CC4)n3)C2)cs1. The molecule has 2 fully saturated rings. The molecule has 124 valence electrons. The third-order valence-corrected chi connectivity index (χ3v) is 5.34. The number of aryl methyl sites for hydroxylation is 1. The summed E-state index contributed by atoms with van der Waals surface area (Å²) in [6.45, 7) is 5.86. The van der Waals surface area contributed by atoms with Gasteiger partial charge in [0.1, 0.15) is 0 Å². The Morgan fingerprint density at radius 1 is 1.35 bits per heavy atom. The number of piperidine rings is 1. The van der Waals surface area contributed by atoms with Crippen LogP contribution in [0.1, 0.15) is 54.0 Å². The lowest BCUT2D eigenvalue weighted by molar-refractivity contribution is 0.177. The summed E-state index contributed by atoms with van der Waals surface area (Å²) in [7, 11) is 0. The summed E-state index contributed by atoms with van der Waals surface area (Å²) in [4.78, 5) is 11.5. The van der Waals surface area contributed by atoms with Crippen molar-refractivity contribution < 1.29 is 4.52 Å². The highest BCUT2D eigenvalue weighted by atomic mass is 32.1. The lowest BCUT2D eigenvalue weighted by atomic mass is 10.1. The number of thiazole rings is 1. The largest absolute Gasteiger partial charge is 0.339 e. The zero-order valence-electron chi connectivity index (χ0n) is 13.5. The van der Waals surface area contributed by atoms with Gasteiger partial charge >= 0.3 is 0 Å². The van der Waals surface area contributed by atoms with Gasteiger partial charge in [0.2, 0.25) is 5.89 Å². The fourth-order valence-electron chi connectivity index (χ4n) is 3.13. The van der Waals surface area contributed by atoms with E-state index < -0.39 is 0 Å². The van der Waals surface area contributed by atoms with E-state index in [2.05, 4.69) is 37.6 Å². The topological polar surface area (TPSA) is 67.1 Å². The van der Waals surface area contributed by atoms with Crippen molar-refractivity contribution in [3.8, 4) is 0 Å². The molecule has 3 heterocycles. The minimum absolute atomic E-state index is 0.514. The van der Waals surface area contributed by atoms with Gasteiger partial charge in [0, 0.05) is 30.4 Å². The number of hydrogen-bond donors (Lipinski definition) is 1. The molecule has 4 rings (SSSR count). The first kappa shape index (κ1) is 15.2.